The van der Waals surface area contributed by atoms with Gasteiger partial charge in [-0.05, 0) is 67.1 Å². The van der Waals surface area contributed by atoms with Gasteiger partial charge >= 0.3 is 6.03 Å². The van der Waals surface area contributed by atoms with Gasteiger partial charge in [-0.15, -0.1) is 0 Å². The van der Waals surface area contributed by atoms with E-state index < -0.39 is 44.9 Å². The molecule has 12 nitrogen and oxygen atoms in total. The number of urea groups is 1. The van der Waals surface area contributed by atoms with Crippen LogP contribution in [0, 0.1) is 22.0 Å². The van der Waals surface area contributed by atoms with Crippen molar-refractivity contribution in [2.24, 2.45) is 11.8 Å². The first-order valence-corrected chi connectivity index (χ1v) is 13.5. The Balaban J connectivity index is 1.41. The molecule has 0 bridgehead atoms. The quantitative estimate of drug-likeness (QED) is 0.308. The molecule has 2 fully saturated rings. The van der Waals surface area contributed by atoms with Gasteiger partial charge in [-0.25, -0.2) is 13.2 Å². The maximum absolute atomic E-state index is 13.1. The van der Waals surface area contributed by atoms with Crippen molar-refractivity contribution in [1.82, 2.24) is 14.5 Å². The van der Waals surface area contributed by atoms with Crippen LogP contribution >= 0.6 is 0 Å². The highest BCUT2D eigenvalue weighted by Gasteiger charge is 2.49. The molecule has 202 valence electrons. The van der Waals surface area contributed by atoms with Crippen LogP contribution in [0.4, 0.5) is 16.2 Å². The third-order valence-corrected chi connectivity index (χ3v) is 8.69. The number of carbonyl (C=O) groups excluding carboxylic acids is 3. The molecule has 2 aromatic rings. The standard InChI is InChI=1S/C25H29N5O7S/c1-16-12-17(2)14-28(13-16)38(36,37)21-10-6-19(7-11-21)26-22(31)15-29-23(32)25(3,27-24(29)33)18-4-8-20(9-5-18)30(34)35/h4-11,16-17H,12-15H2,1-3H3,(H,26,31)(H,27,33)/t16-,17+,25-/m0/s1. The lowest BCUT2D eigenvalue weighted by molar-refractivity contribution is -0.384. The average molecular weight is 544 g/mol. The number of hydrogen-bond acceptors (Lipinski definition) is 7. The first kappa shape index (κ1) is 27.2. The van der Waals surface area contributed by atoms with E-state index >= 15 is 0 Å². The lowest BCUT2D eigenvalue weighted by Crippen LogP contribution is -2.42. The van der Waals surface area contributed by atoms with Crippen molar-refractivity contribution in [3.63, 3.8) is 0 Å². The Bertz CT molecular complexity index is 1370. The van der Waals surface area contributed by atoms with Crippen LogP contribution < -0.4 is 10.6 Å². The van der Waals surface area contributed by atoms with Crippen molar-refractivity contribution in [2.75, 3.05) is 25.0 Å². The number of anilines is 1. The van der Waals surface area contributed by atoms with Crippen molar-refractivity contribution >= 4 is 39.2 Å². The van der Waals surface area contributed by atoms with Gasteiger partial charge in [0.15, 0.2) is 0 Å². The Hall–Kier alpha value is -3.84. The second-order valence-corrected chi connectivity index (χ2v) is 12.0. The molecular formula is C25H29N5O7S. The summed E-state index contributed by atoms with van der Waals surface area (Å²) in [5.41, 5.74) is -1.02. The Labute approximate surface area is 220 Å². The number of nitrogens with zero attached hydrogens (tertiary/aromatic N) is 3. The van der Waals surface area contributed by atoms with Gasteiger partial charge in [0.25, 0.3) is 11.6 Å². The number of non-ortho nitro benzene ring substituents is 1. The number of amides is 4. The summed E-state index contributed by atoms with van der Waals surface area (Å²) in [6.07, 6.45) is 0.974. The Morgan fingerprint density at radius 1 is 1.08 bits per heavy atom. The largest absolute Gasteiger partial charge is 0.325 e. The van der Waals surface area contributed by atoms with E-state index in [1.807, 2.05) is 13.8 Å². The SMILES string of the molecule is C[C@@H]1C[C@H](C)CN(S(=O)(=O)c2ccc(NC(=O)CN3C(=O)N[C@@](C)(c4ccc([N+](=O)[O-])cc4)C3=O)cc2)C1. The summed E-state index contributed by atoms with van der Waals surface area (Å²) in [5.74, 6) is -0.812. The molecule has 0 radical (unpaired) electrons. The van der Waals surface area contributed by atoms with Crippen molar-refractivity contribution in [3.05, 3.63) is 64.2 Å². The maximum Gasteiger partial charge on any atom is 0.325 e. The molecule has 2 aliphatic rings. The van der Waals surface area contributed by atoms with Crippen LogP contribution in [0.3, 0.4) is 0 Å². The topological polar surface area (TPSA) is 159 Å². The second-order valence-electron chi connectivity index (χ2n) is 10.1. The number of hydrogen-bond donors (Lipinski definition) is 2. The molecule has 4 amide bonds. The summed E-state index contributed by atoms with van der Waals surface area (Å²) in [6, 6.07) is 10.2. The number of nitro groups is 1. The summed E-state index contributed by atoms with van der Waals surface area (Å²) in [5, 5.41) is 16.0. The lowest BCUT2D eigenvalue weighted by Gasteiger charge is -2.34. The fourth-order valence-corrected chi connectivity index (χ4v) is 6.64. The van der Waals surface area contributed by atoms with Crippen LogP contribution in [-0.4, -0.2) is 60.0 Å². The van der Waals surface area contributed by atoms with Crippen molar-refractivity contribution < 1.29 is 27.7 Å². The summed E-state index contributed by atoms with van der Waals surface area (Å²) in [6.45, 7) is 5.84. The van der Waals surface area contributed by atoms with Crippen LogP contribution in [0.2, 0.25) is 0 Å². The number of benzene rings is 2. The summed E-state index contributed by atoms with van der Waals surface area (Å²) in [4.78, 5) is 49.4. The highest BCUT2D eigenvalue weighted by Crippen LogP contribution is 2.30. The number of nitro benzene ring substituents is 1. The van der Waals surface area contributed by atoms with Crippen molar-refractivity contribution in [2.45, 2.75) is 37.6 Å². The minimum absolute atomic E-state index is 0.116. The molecular weight excluding hydrogens is 514 g/mol. The van der Waals surface area contributed by atoms with Gasteiger partial charge in [-0.3, -0.25) is 24.6 Å². The molecule has 2 aromatic carbocycles. The van der Waals surface area contributed by atoms with Gasteiger partial charge in [0.05, 0.1) is 9.82 Å². The molecule has 0 saturated carbocycles. The predicted molar refractivity (Wildman–Crippen MR) is 137 cm³/mol. The fraction of sp³-hybridized carbons (Fsp3) is 0.400. The van der Waals surface area contributed by atoms with E-state index in [0.717, 1.165) is 11.3 Å². The van der Waals surface area contributed by atoms with E-state index in [1.165, 1.54) is 59.8 Å². The molecule has 38 heavy (non-hydrogen) atoms. The molecule has 4 rings (SSSR count). The predicted octanol–water partition coefficient (Wildman–Crippen LogP) is 2.67. The first-order valence-electron chi connectivity index (χ1n) is 12.1. The summed E-state index contributed by atoms with van der Waals surface area (Å²) < 4.78 is 27.6. The molecule has 0 aliphatic carbocycles. The van der Waals surface area contributed by atoms with Gasteiger partial charge in [-0.1, -0.05) is 13.8 Å². The molecule has 2 heterocycles. The summed E-state index contributed by atoms with van der Waals surface area (Å²) >= 11 is 0. The van der Waals surface area contributed by atoms with Crippen molar-refractivity contribution in [3.8, 4) is 0 Å². The Morgan fingerprint density at radius 2 is 1.66 bits per heavy atom. The molecule has 2 aliphatic heterocycles. The van der Waals surface area contributed by atoms with E-state index in [9.17, 15) is 32.9 Å². The number of rotatable bonds is 7. The zero-order valence-corrected chi connectivity index (χ0v) is 22.0. The Kier molecular flexibility index (Phi) is 7.26. The van der Waals surface area contributed by atoms with E-state index in [4.69, 9.17) is 0 Å². The average Bonchev–Trinajstić information content (AvgIpc) is 3.07. The zero-order valence-electron chi connectivity index (χ0n) is 21.2. The highest BCUT2D eigenvalue weighted by molar-refractivity contribution is 7.89. The van der Waals surface area contributed by atoms with Crippen LogP contribution in [0.5, 0.6) is 0 Å². The van der Waals surface area contributed by atoms with Crippen molar-refractivity contribution in [1.29, 1.82) is 0 Å². The van der Waals surface area contributed by atoms with Crippen LogP contribution in [0.15, 0.2) is 53.4 Å². The summed E-state index contributed by atoms with van der Waals surface area (Å²) in [7, 11) is -3.68. The highest BCUT2D eigenvalue weighted by atomic mass is 32.2. The number of sulfonamides is 1. The molecule has 0 aromatic heterocycles. The molecule has 3 atom stereocenters. The maximum atomic E-state index is 13.1. The first-order chi connectivity index (χ1) is 17.8. The van der Waals surface area contributed by atoms with E-state index in [0.29, 0.717) is 24.3 Å². The van der Waals surface area contributed by atoms with E-state index in [-0.39, 0.29) is 22.4 Å². The van der Waals surface area contributed by atoms with E-state index in [1.54, 1.807) is 0 Å². The van der Waals surface area contributed by atoms with E-state index in [2.05, 4.69) is 10.6 Å². The minimum atomic E-state index is -3.68. The fourth-order valence-electron chi connectivity index (χ4n) is 4.96. The number of piperidine rings is 1. The van der Waals surface area contributed by atoms with Crippen LogP contribution in [0.25, 0.3) is 0 Å². The normalized spacial score (nSPS) is 24.2. The van der Waals surface area contributed by atoms with Gasteiger partial charge in [0.1, 0.15) is 12.1 Å². The van der Waals surface area contributed by atoms with Gasteiger partial charge in [0.2, 0.25) is 15.9 Å². The van der Waals surface area contributed by atoms with Gasteiger partial charge < -0.3 is 10.6 Å². The minimum Gasteiger partial charge on any atom is -0.325 e. The molecule has 2 N–H and O–H groups in total. The van der Waals surface area contributed by atoms with Gasteiger partial charge in [0, 0.05) is 30.9 Å². The number of imide groups is 1. The molecule has 13 heteroatoms. The number of nitrogens with one attached hydrogen (secondary N) is 2. The third kappa shape index (κ3) is 5.24. The Morgan fingerprint density at radius 3 is 2.21 bits per heavy atom. The lowest BCUT2D eigenvalue weighted by atomic mass is 9.92. The third-order valence-electron chi connectivity index (χ3n) is 6.84. The zero-order chi connectivity index (χ0) is 27.8. The second kappa shape index (κ2) is 10.1. The molecule has 0 spiro atoms. The molecule has 2 saturated heterocycles. The van der Waals surface area contributed by atoms with Crippen LogP contribution in [0.1, 0.15) is 32.8 Å². The van der Waals surface area contributed by atoms with Gasteiger partial charge in [-0.2, -0.15) is 4.31 Å². The molecule has 0 unspecified atom stereocenters. The monoisotopic (exact) mass is 543 g/mol. The van der Waals surface area contributed by atoms with Crippen LogP contribution in [-0.2, 0) is 25.2 Å². The smallest absolute Gasteiger partial charge is 0.325 e. The number of carbonyl (C=O) groups is 3.